The van der Waals surface area contributed by atoms with Gasteiger partial charge in [0, 0.05) is 12.0 Å². The molecule has 0 unspecified atom stereocenters. The van der Waals surface area contributed by atoms with Gasteiger partial charge in [-0.25, -0.2) is 4.79 Å². The summed E-state index contributed by atoms with van der Waals surface area (Å²) in [5, 5.41) is 11.7. The van der Waals surface area contributed by atoms with Crippen LogP contribution in [0.15, 0.2) is 48.5 Å². The fourth-order valence-electron chi connectivity index (χ4n) is 2.40. The van der Waals surface area contributed by atoms with Crippen molar-refractivity contribution in [3.8, 4) is 6.07 Å². The highest BCUT2D eigenvalue weighted by Crippen LogP contribution is 2.12. The monoisotopic (exact) mass is 351 g/mol. The lowest BCUT2D eigenvalue weighted by Gasteiger charge is -2.16. The van der Waals surface area contributed by atoms with Crippen molar-refractivity contribution in [3.05, 3.63) is 70.8 Å². The van der Waals surface area contributed by atoms with Gasteiger partial charge in [-0.1, -0.05) is 24.3 Å². The summed E-state index contributed by atoms with van der Waals surface area (Å²) in [6.07, 6.45) is 0.0848. The minimum atomic E-state index is -1.00. The number of nitrogens with one attached hydrogen (secondary N) is 1. The Hall–Kier alpha value is -3.66. The summed E-state index contributed by atoms with van der Waals surface area (Å²) in [5.74, 6) is -1.86. The number of carbonyl (C=O) groups is 3. The first-order chi connectivity index (χ1) is 12.5. The number of hydrogen-bond donors (Lipinski definition) is 2. The van der Waals surface area contributed by atoms with Crippen LogP contribution in [0.3, 0.4) is 0 Å². The van der Waals surface area contributed by atoms with Gasteiger partial charge < -0.3 is 15.8 Å². The second kappa shape index (κ2) is 8.44. The molecule has 0 saturated heterocycles. The van der Waals surface area contributed by atoms with Crippen LogP contribution in [0.4, 0.5) is 0 Å². The van der Waals surface area contributed by atoms with E-state index in [9.17, 15) is 14.4 Å². The lowest BCUT2D eigenvalue weighted by molar-refractivity contribution is -0.119. The molecule has 0 aromatic heterocycles. The zero-order chi connectivity index (χ0) is 19.1. The second-order valence-corrected chi connectivity index (χ2v) is 5.47. The van der Waals surface area contributed by atoms with Gasteiger partial charge in [-0.3, -0.25) is 9.59 Å². The van der Waals surface area contributed by atoms with Gasteiger partial charge in [0.2, 0.25) is 5.91 Å². The first-order valence-electron chi connectivity index (χ1n) is 7.72. The molecule has 0 fully saturated rings. The maximum Gasteiger partial charge on any atom is 0.337 e. The number of benzene rings is 2. The summed E-state index contributed by atoms with van der Waals surface area (Å²) >= 11 is 0. The summed E-state index contributed by atoms with van der Waals surface area (Å²) in [5.41, 5.74) is 6.80. The van der Waals surface area contributed by atoms with Crippen LogP contribution in [0.1, 0.15) is 31.8 Å². The minimum absolute atomic E-state index is 0.0848. The highest BCUT2D eigenvalue weighted by atomic mass is 16.5. The Labute approximate surface area is 150 Å². The van der Waals surface area contributed by atoms with Crippen LogP contribution in [0, 0.1) is 11.3 Å². The summed E-state index contributed by atoms with van der Waals surface area (Å²) in [4.78, 5) is 35.7. The van der Waals surface area contributed by atoms with E-state index < -0.39 is 23.8 Å². The predicted octanol–water partition coefficient (Wildman–Crippen LogP) is 1.17. The molecule has 0 bridgehead atoms. The largest absolute Gasteiger partial charge is 0.465 e. The van der Waals surface area contributed by atoms with E-state index in [4.69, 9.17) is 11.0 Å². The molecular formula is C19H17N3O4. The lowest BCUT2D eigenvalue weighted by atomic mass is 10.00. The van der Waals surface area contributed by atoms with Gasteiger partial charge in [0.05, 0.1) is 24.3 Å². The van der Waals surface area contributed by atoms with Crippen molar-refractivity contribution in [2.45, 2.75) is 12.5 Å². The first kappa shape index (κ1) is 18.7. The van der Waals surface area contributed by atoms with E-state index in [-0.39, 0.29) is 17.5 Å². The topological polar surface area (TPSA) is 122 Å². The maximum atomic E-state index is 12.4. The van der Waals surface area contributed by atoms with Crippen molar-refractivity contribution in [2.75, 3.05) is 7.11 Å². The van der Waals surface area contributed by atoms with Crippen molar-refractivity contribution in [3.63, 3.8) is 0 Å². The van der Waals surface area contributed by atoms with Crippen molar-refractivity contribution >= 4 is 17.8 Å². The molecule has 0 saturated carbocycles. The maximum absolute atomic E-state index is 12.4. The van der Waals surface area contributed by atoms with Gasteiger partial charge in [-0.2, -0.15) is 5.26 Å². The third kappa shape index (κ3) is 4.45. The number of ether oxygens (including phenoxy) is 1. The highest BCUT2D eigenvalue weighted by molar-refractivity contribution is 5.99. The fraction of sp³-hybridized carbons (Fsp3) is 0.158. The number of nitrogens with zero attached hydrogens (tertiary/aromatic N) is 1. The van der Waals surface area contributed by atoms with Gasteiger partial charge in [0.15, 0.2) is 0 Å². The number of esters is 1. The van der Waals surface area contributed by atoms with Gasteiger partial charge in [-0.05, 0) is 29.8 Å². The van der Waals surface area contributed by atoms with Crippen LogP contribution < -0.4 is 11.1 Å². The number of amides is 2. The average Bonchev–Trinajstić information content (AvgIpc) is 2.67. The Kier molecular flexibility index (Phi) is 6.06. The number of carbonyl (C=O) groups excluding carboxylic acids is 3. The molecule has 0 spiro atoms. The van der Waals surface area contributed by atoms with Crippen molar-refractivity contribution in [1.29, 1.82) is 5.26 Å². The van der Waals surface area contributed by atoms with Gasteiger partial charge >= 0.3 is 5.97 Å². The smallest absolute Gasteiger partial charge is 0.337 e. The van der Waals surface area contributed by atoms with Crippen LogP contribution in [0.5, 0.6) is 0 Å². The molecule has 26 heavy (non-hydrogen) atoms. The molecule has 2 amide bonds. The number of rotatable bonds is 6. The second-order valence-electron chi connectivity index (χ2n) is 5.47. The Morgan fingerprint density at radius 3 is 2.50 bits per heavy atom. The van der Waals surface area contributed by atoms with Crippen LogP contribution >= 0.6 is 0 Å². The number of nitriles is 1. The quantitative estimate of drug-likeness (QED) is 0.757. The van der Waals surface area contributed by atoms with Gasteiger partial charge in [0.25, 0.3) is 5.91 Å². The van der Waals surface area contributed by atoms with E-state index in [0.717, 1.165) is 0 Å². The zero-order valence-electron chi connectivity index (χ0n) is 14.1. The number of hydrogen-bond acceptors (Lipinski definition) is 5. The van der Waals surface area contributed by atoms with Gasteiger partial charge in [0.1, 0.15) is 6.04 Å². The third-order valence-electron chi connectivity index (χ3n) is 3.76. The molecule has 0 heterocycles. The molecule has 0 aliphatic carbocycles. The summed E-state index contributed by atoms with van der Waals surface area (Å²) < 4.78 is 4.62. The molecule has 132 valence electrons. The van der Waals surface area contributed by atoms with E-state index in [1.54, 1.807) is 24.3 Å². The molecule has 0 aliphatic rings. The molecule has 3 N–H and O–H groups in total. The van der Waals surface area contributed by atoms with Crippen molar-refractivity contribution in [2.24, 2.45) is 5.73 Å². The normalized spacial score (nSPS) is 11.1. The molecule has 7 nitrogen and oxygen atoms in total. The predicted molar refractivity (Wildman–Crippen MR) is 93.1 cm³/mol. The summed E-state index contributed by atoms with van der Waals surface area (Å²) in [6.45, 7) is 0. The Morgan fingerprint density at radius 1 is 1.15 bits per heavy atom. The minimum Gasteiger partial charge on any atom is -0.465 e. The SMILES string of the molecule is COC(=O)c1cccc(C(=O)N[C@H](Cc2ccccc2C#N)C(N)=O)c1. The van der Waals surface area contributed by atoms with E-state index in [2.05, 4.69) is 10.1 Å². The zero-order valence-corrected chi connectivity index (χ0v) is 14.1. The van der Waals surface area contributed by atoms with Crippen LogP contribution in [-0.2, 0) is 16.0 Å². The standard InChI is InChI=1S/C19H17N3O4/c1-26-19(25)14-8-4-7-13(9-14)18(24)22-16(17(21)23)10-12-5-2-3-6-15(12)11-20/h2-9,16H,10H2,1H3,(H2,21,23)(H,22,24)/t16-/m1/s1. The van der Waals surface area contributed by atoms with Crippen LogP contribution in [0.25, 0.3) is 0 Å². The van der Waals surface area contributed by atoms with Crippen molar-refractivity contribution in [1.82, 2.24) is 5.32 Å². The van der Waals surface area contributed by atoms with E-state index in [1.807, 2.05) is 6.07 Å². The van der Waals surface area contributed by atoms with Crippen LogP contribution in [0.2, 0.25) is 0 Å². The molecule has 2 aromatic rings. The highest BCUT2D eigenvalue weighted by Gasteiger charge is 2.21. The summed E-state index contributed by atoms with van der Waals surface area (Å²) in [7, 11) is 1.24. The van der Waals surface area contributed by atoms with E-state index >= 15 is 0 Å². The third-order valence-corrected chi connectivity index (χ3v) is 3.76. The molecule has 0 aliphatic heterocycles. The molecule has 2 aromatic carbocycles. The number of methoxy groups -OCH3 is 1. The van der Waals surface area contributed by atoms with Crippen LogP contribution in [-0.4, -0.2) is 30.9 Å². The number of primary amides is 1. The first-order valence-corrected chi connectivity index (χ1v) is 7.72. The van der Waals surface area contributed by atoms with E-state index in [1.165, 1.54) is 31.4 Å². The molecule has 7 heteroatoms. The molecular weight excluding hydrogens is 334 g/mol. The van der Waals surface area contributed by atoms with E-state index in [0.29, 0.717) is 11.1 Å². The fourth-order valence-corrected chi connectivity index (χ4v) is 2.40. The Bertz CT molecular complexity index is 886. The van der Waals surface area contributed by atoms with Crippen molar-refractivity contribution < 1.29 is 19.1 Å². The molecule has 1 atom stereocenters. The molecule has 2 rings (SSSR count). The number of nitrogens with two attached hydrogens (primary N) is 1. The average molecular weight is 351 g/mol. The summed E-state index contributed by atoms with van der Waals surface area (Å²) in [6, 6.07) is 13.7. The molecule has 0 radical (unpaired) electrons. The lowest BCUT2D eigenvalue weighted by Crippen LogP contribution is -2.46. The Morgan fingerprint density at radius 2 is 1.85 bits per heavy atom. The Balaban J connectivity index is 2.20. The van der Waals surface area contributed by atoms with Gasteiger partial charge in [-0.15, -0.1) is 0 Å².